The molecule has 0 radical (unpaired) electrons. The van der Waals surface area contributed by atoms with Gasteiger partial charge >= 0.3 is 0 Å². The molecule has 0 aliphatic carbocycles. The van der Waals surface area contributed by atoms with Crippen molar-refractivity contribution in [2.45, 2.75) is 33.8 Å². The number of aliphatic hydroxyl groups excluding tert-OH is 1. The molecule has 1 N–H and O–H groups in total. The maximum absolute atomic E-state index is 9.64. The first-order valence-electron chi connectivity index (χ1n) is 7.00. The van der Waals surface area contributed by atoms with Crippen LogP contribution in [0.5, 0.6) is 0 Å². The van der Waals surface area contributed by atoms with Crippen LogP contribution in [0.25, 0.3) is 4.96 Å². The highest BCUT2D eigenvalue weighted by atomic mass is 32.1. The number of fused-ring (bicyclic) bond motifs is 1. The Bertz CT molecular complexity index is 648. The summed E-state index contributed by atoms with van der Waals surface area (Å²) in [7, 11) is 0. The van der Waals surface area contributed by atoms with Crippen LogP contribution in [0.2, 0.25) is 0 Å². The van der Waals surface area contributed by atoms with Crippen molar-refractivity contribution in [3.05, 3.63) is 28.9 Å². The number of anilines is 1. The molecule has 0 saturated carbocycles. The maximum atomic E-state index is 9.64. The molecule has 0 amide bonds. The number of hydrogen-bond acceptors (Lipinski definition) is 4. The van der Waals surface area contributed by atoms with Crippen LogP contribution in [0, 0.1) is 5.41 Å². The smallest absolute Gasteiger partial charge is 0.195 e. The fourth-order valence-corrected chi connectivity index (χ4v) is 3.49. The lowest BCUT2D eigenvalue weighted by Gasteiger charge is -2.32. The summed E-state index contributed by atoms with van der Waals surface area (Å²) < 4.78 is 1.99. The molecule has 108 valence electrons. The van der Waals surface area contributed by atoms with E-state index in [1.165, 1.54) is 5.57 Å². The number of rotatable bonds is 2. The molecule has 0 spiro atoms. The van der Waals surface area contributed by atoms with E-state index in [9.17, 15) is 5.11 Å². The molecule has 3 heterocycles. The van der Waals surface area contributed by atoms with Crippen LogP contribution in [-0.2, 0) is 6.61 Å². The van der Waals surface area contributed by atoms with Gasteiger partial charge in [0.1, 0.15) is 0 Å². The van der Waals surface area contributed by atoms with Crippen molar-refractivity contribution < 1.29 is 5.11 Å². The van der Waals surface area contributed by atoms with E-state index in [0.717, 1.165) is 36.0 Å². The van der Waals surface area contributed by atoms with Gasteiger partial charge in [0.05, 0.1) is 12.3 Å². The van der Waals surface area contributed by atoms with Gasteiger partial charge in [0.15, 0.2) is 10.8 Å². The van der Waals surface area contributed by atoms with Crippen molar-refractivity contribution in [1.29, 1.82) is 0 Å². The topological polar surface area (TPSA) is 40.8 Å². The molecule has 0 unspecified atom stereocenters. The van der Waals surface area contributed by atoms with Crippen LogP contribution in [0.15, 0.2) is 23.2 Å². The number of aliphatic hydroxyl groups is 1. The molecule has 20 heavy (non-hydrogen) atoms. The summed E-state index contributed by atoms with van der Waals surface area (Å²) >= 11 is 1.61. The van der Waals surface area contributed by atoms with E-state index < -0.39 is 0 Å². The van der Waals surface area contributed by atoms with E-state index in [1.807, 2.05) is 16.0 Å². The van der Waals surface area contributed by atoms with E-state index >= 15 is 0 Å². The number of nitrogens with zero attached hydrogens (tertiary/aromatic N) is 3. The molecule has 0 aromatic carbocycles. The van der Waals surface area contributed by atoms with E-state index in [1.54, 1.807) is 11.3 Å². The zero-order valence-electron chi connectivity index (χ0n) is 12.3. The van der Waals surface area contributed by atoms with Gasteiger partial charge in [0.25, 0.3) is 0 Å². The Kier molecular flexibility index (Phi) is 3.34. The zero-order chi connectivity index (χ0) is 14.3. The average Bonchev–Trinajstić information content (AvgIpc) is 2.97. The Morgan fingerprint density at radius 1 is 1.40 bits per heavy atom. The molecule has 0 fully saturated rings. The average molecular weight is 291 g/mol. The molecule has 0 saturated heterocycles. The van der Waals surface area contributed by atoms with Gasteiger partial charge in [-0.1, -0.05) is 32.4 Å². The van der Waals surface area contributed by atoms with Crippen LogP contribution < -0.4 is 4.90 Å². The van der Waals surface area contributed by atoms with E-state index in [0.29, 0.717) is 0 Å². The van der Waals surface area contributed by atoms with Gasteiger partial charge in [-0.25, -0.2) is 4.98 Å². The summed E-state index contributed by atoms with van der Waals surface area (Å²) in [6, 6.07) is 0. The molecule has 2 aromatic rings. The van der Waals surface area contributed by atoms with Crippen molar-refractivity contribution >= 4 is 22.1 Å². The van der Waals surface area contributed by atoms with Gasteiger partial charge in [-0.3, -0.25) is 4.40 Å². The predicted molar refractivity (Wildman–Crippen MR) is 83.4 cm³/mol. The summed E-state index contributed by atoms with van der Waals surface area (Å²) in [5, 5.41) is 11.6. The van der Waals surface area contributed by atoms with Crippen molar-refractivity contribution in [2.75, 3.05) is 18.0 Å². The first-order valence-corrected chi connectivity index (χ1v) is 7.88. The largest absolute Gasteiger partial charge is 0.390 e. The lowest BCUT2D eigenvalue weighted by atomic mass is 9.83. The molecular formula is C15H21N3OS. The van der Waals surface area contributed by atoms with Crippen molar-refractivity contribution in [2.24, 2.45) is 5.41 Å². The predicted octanol–water partition coefficient (Wildman–Crippen LogP) is 3.07. The summed E-state index contributed by atoms with van der Waals surface area (Å²) in [5.74, 6) is 0.934. The van der Waals surface area contributed by atoms with Crippen molar-refractivity contribution in [1.82, 2.24) is 9.38 Å². The monoisotopic (exact) mass is 291 g/mol. The molecular weight excluding hydrogens is 270 g/mol. The number of aromatic nitrogens is 2. The first kappa shape index (κ1) is 13.6. The summed E-state index contributed by atoms with van der Waals surface area (Å²) in [6.07, 6.45) is 5.36. The SMILES string of the molecule is CC(C)(C)C1=CCN(c2nc3sccn3c2CO)CC1. The minimum atomic E-state index is 0.0274. The quantitative estimate of drug-likeness (QED) is 0.865. The van der Waals surface area contributed by atoms with Gasteiger partial charge in [0.2, 0.25) is 0 Å². The molecule has 1 aliphatic heterocycles. The van der Waals surface area contributed by atoms with Gasteiger partial charge in [-0.05, 0) is 11.8 Å². The van der Waals surface area contributed by atoms with Gasteiger partial charge < -0.3 is 10.0 Å². The van der Waals surface area contributed by atoms with E-state index in [-0.39, 0.29) is 12.0 Å². The Morgan fingerprint density at radius 2 is 2.20 bits per heavy atom. The summed E-state index contributed by atoms with van der Waals surface area (Å²) in [4.78, 5) is 7.89. The Hall–Kier alpha value is -1.33. The standard InChI is InChI=1S/C15H21N3OS/c1-15(2,3)11-4-6-17(7-5-11)13-12(10-19)18-8-9-20-14(18)16-13/h4,8-9,19H,5-7,10H2,1-3H3. The van der Waals surface area contributed by atoms with Crippen molar-refractivity contribution in [3.63, 3.8) is 0 Å². The van der Waals surface area contributed by atoms with Crippen LogP contribution in [0.3, 0.4) is 0 Å². The van der Waals surface area contributed by atoms with Gasteiger partial charge in [0, 0.05) is 24.7 Å². The van der Waals surface area contributed by atoms with Gasteiger partial charge in [-0.2, -0.15) is 0 Å². The normalized spacial score (nSPS) is 16.8. The fraction of sp³-hybridized carbons (Fsp3) is 0.533. The second-order valence-electron chi connectivity index (χ2n) is 6.27. The number of hydrogen-bond donors (Lipinski definition) is 1. The van der Waals surface area contributed by atoms with Crippen LogP contribution in [0.4, 0.5) is 5.82 Å². The maximum Gasteiger partial charge on any atom is 0.195 e. The highest BCUT2D eigenvalue weighted by Crippen LogP contribution is 2.32. The third-order valence-electron chi connectivity index (χ3n) is 3.96. The van der Waals surface area contributed by atoms with Crippen LogP contribution in [-0.4, -0.2) is 27.6 Å². The fourth-order valence-electron chi connectivity index (χ4n) is 2.76. The molecule has 5 heteroatoms. The van der Waals surface area contributed by atoms with Crippen LogP contribution in [0.1, 0.15) is 32.9 Å². The van der Waals surface area contributed by atoms with Gasteiger partial charge in [-0.15, -0.1) is 11.3 Å². The third kappa shape index (κ3) is 2.25. The first-order chi connectivity index (χ1) is 9.50. The Balaban J connectivity index is 1.90. The number of thiazole rings is 1. The molecule has 2 aromatic heterocycles. The molecule has 3 rings (SSSR count). The van der Waals surface area contributed by atoms with E-state index in [2.05, 4.69) is 36.7 Å². The Morgan fingerprint density at radius 3 is 2.80 bits per heavy atom. The molecule has 0 atom stereocenters. The highest BCUT2D eigenvalue weighted by Gasteiger charge is 2.24. The minimum Gasteiger partial charge on any atom is -0.390 e. The Labute approximate surface area is 123 Å². The molecule has 4 nitrogen and oxygen atoms in total. The lowest BCUT2D eigenvalue weighted by Crippen LogP contribution is -2.32. The second kappa shape index (κ2) is 4.90. The second-order valence-corrected chi connectivity index (χ2v) is 7.14. The third-order valence-corrected chi connectivity index (χ3v) is 4.72. The van der Waals surface area contributed by atoms with Crippen LogP contribution >= 0.6 is 11.3 Å². The zero-order valence-corrected chi connectivity index (χ0v) is 13.1. The molecule has 0 bridgehead atoms. The molecule has 1 aliphatic rings. The lowest BCUT2D eigenvalue weighted by molar-refractivity contribution is 0.276. The summed E-state index contributed by atoms with van der Waals surface area (Å²) in [5.41, 5.74) is 2.66. The van der Waals surface area contributed by atoms with E-state index in [4.69, 9.17) is 0 Å². The minimum absolute atomic E-state index is 0.0274. The number of imidazole rings is 1. The summed E-state index contributed by atoms with van der Waals surface area (Å²) in [6.45, 7) is 8.67. The van der Waals surface area contributed by atoms with Crippen molar-refractivity contribution in [3.8, 4) is 0 Å². The highest BCUT2D eigenvalue weighted by molar-refractivity contribution is 7.15.